The summed E-state index contributed by atoms with van der Waals surface area (Å²) in [4.78, 5) is 27.2. The number of amides is 2. The Labute approximate surface area is 170 Å². The molecule has 1 aromatic heterocycles. The molecule has 0 bridgehead atoms. The normalized spacial score (nSPS) is 13.1. The van der Waals surface area contributed by atoms with E-state index in [1.54, 1.807) is 12.1 Å². The average Bonchev–Trinajstić information content (AvgIpc) is 3.01. The van der Waals surface area contributed by atoms with Gasteiger partial charge >= 0.3 is 0 Å². The van der Waals surface area contributed by atoms with Gasteiger partial charge in [-0.25, -0.2) is 22.5 Å². The molecule has 2 amide bonds. The first-order chi connectivity index (χ1) is 14.3. The van der Waals surface area contributed by atoms with Crippen molar-refractivity contribution < 1.29 is 27.1 Å². The third-order valence-electron chi connectivity index (χ3n) is 4.30. The minimum Gasteiger partial charge on any atom is -0.439 e. The zero-order valence-electron chi connectivity index (χ0n) is 15.3. The van der Waals surface area contributed by atoms with E-state index in [4.69, 9.17) is 4.74 Å². The van der Waals surface area contributed by atoms with E-state index in [2.05, 4.69) is 15.0 Å². The third kappa shape index (κ3) is 4.04. The summed E-state index contributed by atoms with van der Waals surface area (Å²) in [5.41, 5.74) is 0.708. The van der Waals surface area contributed by atoms with Gasteiger partial charge in [0, 0.05) is 24.9 Å². The lowest BCUT2D eigenvalue weighted by Gasteiger charge is -2.09. The van der Waals surface area contributed by atoms with Gasteiger partial charge in [0.1, 0.15) is 11.6 Å². The van der Waals surface area contributed by atoms with Crippen molar-refractivity contribution >= 4 is 21.8 Å². The SMILES string of the molecule is O=C1NC(=O)c2cc(S(=O)(=O)NCc3ccc(Oc4cccc(F)c4)nc3)ccc21. The zero-order chi connectivity index (χ0) is 21.3. The molecule has 0 aliphatic carbocycles. The Hall–Kier alpha value is -3.63. The lowest BCUT2D eigenvalue weighted by molar-refractivity contribution is 0.0879. The van der Waals surface area contributed by atoms with Gasteiger partial charge < -0.3 is 4.74 Å². The van der Waals surface area contributed by atoms with Crippen LogP contribution in [0.4, 0.5) is 4.39 Å². The number of ether oxygens (including phenoxy) is 1. The summed E-state index contributed by atoms with van der Waals surface area (Å²) in [6, 6.07) is 12.4. The fourth-order valence-corrected chi connectivity index (χ4v) is 3.85. The monoisotopic (exact) mass is 427 g/mol. The molecule has 2 heterocycles. The maximum Gasteiger partial charge on any atom is 0.258 e. The molecule has 8 nitrogen and oxygen atoms in total. The van der Waals surface area contributed by atoms with Crippen molar-refractivity contribution in [1.82, 2.24) is 15.0 Å². The number of nitrogens with one attached hydrogen (secondary N) is 2. The van der Waals surface area contributed by atoms with E-state index in [0.29, 0.717) is 5.56 Å². The molecular weight excluding hydrogens is 413 g/mol. The summed E-state index contributed by atoms with van der Waals surface area (Å²) >= 11 is 0. The highest BCUT2D eigenvalue weighted by molar-refractivity contribution is 7.89. The van der Waals surface area contributed by atoms with E-state index in [9.17, 15) is 22.4 Å². The number of carbonyl (C=O) groups excluding carboxylic acids is 2. The van der Waals surface area contributed by atoms with Gasteiger partial charge in [0.25, 0.3) is 11.8 Å². The van der Waals surface area contributed by atoms with Gasteiger partial charge in [-0.05, 0) is 35.9 Å². The first-order valence-electron chi connectivity index (χ1n) is 8.69. The van der Waals surface area contributed by atoms with Crippen molar-refractivity contribution in [2.24, 2.45) is 0 Å². The van der Waals surface area contributed by atoms with Gasteiger partial charge in [-0.2, -0.15) is 0 Å². The molecule has 0 radical (unpaired) electrons. The average molecular weight is 427 g/mol. The molecule has 4 rings (SSSR count). The number of benzene rings is 2. The molecule has 0 atom stereocenters. The van der Waals surface area contributed by atoms with Crippen molar-refractivity contribution in [2.75, 3.05) is 0 Å². The molecule has 1 aliphatic heterocycles. The Kier molecular flexibility index (Phi) is 5.02. The highest BCUT2D eigenvalue weighted by Crippen LogP contribution is 2.22. The molecule has 0 unspecified atom stereocenters. The second-order valence-electron chi connectivity index (χ2n) is 6.38. The largest absolute Gasteiger partial charge is 0.439 e. The smallest absolute Gasteiger partial charge is 0.258 e. The maximum absolute atomic E-state index is 13.2. The summed E-state index contributed by atoms with van der Waals surface area (Å²) in [7, 11) is -3.93. The molecule has 0 saturated heterocycles. The van der Waals surface area contributed by atoms with Crippen molar-refractivity contribution in [3.8, 4) is 11.6 Å². The van der Waals surface area contributed by atoms with Gasteiger partial charge in [-0.15, -0.1) is 0 Å². The van der Waals surface area contributed by atoms with Crippen molar-refractivity contribution in [2.45, 2.75) is 11.4 Å². The van der Waals surface area contributed by atoms with Crippen LogP contribution >= 0.6 is 0 Å². The molecular formula is C20H14FN3O5S. The van der Waals surface area contributed by atoms with Crippen LogP contribution in [0.25, 0.3) is 0 Å². The lowest BCUT2D eigenvalue weighted by Crippen LogP contribution is -2.23. The molecule has 0 spiro atoms. The minimum atomic E-state index is -3.93. The number of hydrogen-bond acceptors (Lipinski definition) is 6. The molecule has 2 aromatic carbocycles. The van der Waals surface area contributed by atoms with E-state index in [0.717, 1.165) is 6.07 Å². The van der Waals surface area contributed by atoms with Crippen LogP contribution in [0, 0.1) is 5.82 Å². The van der Waals surface area contributed by atoms with Crippen molar-refractivity contribution in [1.29, 1.82) is 0 Å². The van der Waals surface area contributed by atoms with Gasteiger partial charge in [0.2, 0.25) is 15.9 Å². The quantitative estimate of drug-likeness (QED) is 0.584. The Bertz CT molecular complexity index is 1260. The van der Waals surface area contributed by atoms with Gasteiger partial charge in [0.15, 0.2) is 0 Å². The Morgan fingerprint density at radius 1 is 1.00 bits per heavy atom. The number of pyridine rings is 1. The molecule has 10 heteroatoms. The molecule has 30 heavy (non-hydrogen) atoms. The summed E-state index contributed by atoms with van der Waals surface area (Å²) in [5.74, 6) is -1.12. The minimum absolute atomic E-state index is 0.0170. The summed E-state index contributed by atoms with van der Waals surface area (Å²) < 4.78 is 46.1. The Morgan fingerprint density at radius 2 is 1.80 bits per heavy atom. The van der Waals surface area contributed by atoms with Crippen LogP contribution < -0.4 is 14.8 Å². The number of fused-ring (bicyclic) bond motifs is 1. The molecule has 0 fully saturated rings. The summed E-state index contributed by atoms with van der Waals surface area (Å²) in [5, 5.41) is 2.11. The number of aromatic nitrogens is 1. The number of hydrogen-bond donors (Lipinski definition) is 2. The van der Waals surface area contributed by atoms with E-state index < -0.39 is 27.7 Å². The predicted octanol–water partition coefficient (Wildman–Crippen LogP) is 2.38. The highest BCUT2D eigenvalue weighted by Gasteiger charge is 2.28. The number of nitrogens with zero attached hydrogens (tertiary/aromatic N) is 1. The van der Waals surface area contributed by atoms with Crippen LogP contribution in [-0.4, -0.2) is 25.2 Å². The van der Waals surface area contributed by atoms with Gasteiger partial charge in [-0.1, -0.05) is 12.1 Å². The molecule has 0 saturated carbocycles. The Balaban J connectivity index is 1.43. The van der Waals surface area contributed by atoms with E-state index >= 15 is 0 Å². The van der Waals surface area contributed by atoms with Crippen LogP contribution in [0.5, 0.6) is 11.6 Å². The van der Waals surface area contributed by atoms with E-state index in [1.165, 1.54) is 42.6 Å². The summed E-state index contributed by atoms with van der Waals surface area (Å²) in [6.45, 7) is -0.0577. The second kappa shape index (κ2) is 7.65. The molecule has 2 N–H and O–H groups in total. The molecule has 3 aromatic rings. The first-order valence-corrected chi connectivity index (χ1v) is 10.2. The van der Waals surface area contributed by atoms with E-state index in [-0.39, 0.29) is 34.2 Å². The van der Waals surface area contributed by atoms with Crippen LogP contribution in [0.3, 0.4) is 0 Å². The standard InChI is InChI=1S/C20H14FN3O5S/c21-13-2-1-3-14(8-13)29-18-7-4-12(10-22-18)11-23-30(27,28)15-5-6-16-17(9-15)20(26)24-19(16)25/h1-10,23H,11H2,(H,24,25,26). The zero-order valence-corrected chi connectivity index (χ0v) is 16.1. The highest BCUT2D eigenvalue weighted by atomic mass is 32.2. The number of imide groups is 1. The van der Waals surface area contributed by atoms with Crippen molar-refractivity contribution in [3.63, 3.8) is 0 Å². The van der Waals surface area contributed by atoms with E-state index in [1.807, 2.05) is 0 Å². The van der Waals surface area contributed by atoms with Gasteiger partial charge in [-0.3, -0.25) is 14.9 Å². The lowest BCUT2D eigenvalue weighted by atomic mass is 10.1. The first kappa shape index (κ1) is 19.7. The second-order valence-corrected chi connectivity index (χ2v) is 8.15. The predicted molar refractivity (Wildman–Crippen MR) is 103 cm³/mol. The fourth-order valence-electron chi connectivity index (χ4n) is 2.80. The maximum atomic E-state index is 13.2. The molecule has 152 valence electrons. The number of carbonyl (C=O) groups is 2. The third-order valence-corrected chi connectivity index (χ3v) is 5.70. The molecule has 1 aliphatic rings. The topological polar surface area (TPSA) is 114 Å². The number of rotatable bonds is 6. The van der Waals surface area contributed by atoms with Crippen molar-refractivity contribution in [3.05, 3.63) is 83.3 Å². The van der Waals surface area contributed by atoms with Crippen LogP contribution in [0.2, 0.25) is 0 Å². The Morgan fingerprint density at radius 3 is 2.53 bits per heavy atom. The van der Waals surface area contributed by atoms with Crippen LogP contribution in [0.1, 0.15) is 26.3 Å². The fraction of sp³-hybridized carbons (Fsp3) is 0.0500. The van der Waals surface area contributed by atoms with Crippen LogP contribution in [-0.2, 0) is 16.6 Å². The summed E-state index contributed by atoms with van der Waals surface area (Å²) in [6.07, 6.45) is 1.42. The number of sulfonamides is 1. The number of halogens is 1. The van der Waals surface area contributed by atoms with Gasteiger partial charge in [0.05, 0.1) is 16.0 Å². The van der Waals surface area contributed by atoms with Crippen LogP contribution in [0.15, 0.2) is 65.7 Å².